The van der Waals surface area contributed by atoms with Crippen LogP contribution in [0, 0.1) is 11.6 Å². The molecule has 0 fully saturated rings. The maximum atomic E-state index is 14.0. The average molecular weight is 291 g/mol. The first-order chi connectivity index (χ1) is 9.93. The zero-order valence-corrected chi connectivity index (χ0v) is 12.4. The zero-order chi connectivity index (χ0) is 15.6. The van der Waals surface area contributed by atoms with Crippen LogP contribution in [0.4, 0.5) is 8.78 Å². The van der Waals surface area contributed by atoms with Gasteiger partial charge in [-0.2, -0.15) is 0 Å². The summed E-state index contributed by atoms with van der Waals surface area (Å²) in [6.07, 6.45) is 0. The molecule has 4 heteroatoms. The Morgan fingerprint density at radius 2 is 1.43 bits per heavy atom. The van der Waals surface area contributed by atoms with E-state index >= 15 is 0 Å². The quantitative estimate of drug-likeness (QED) is 0.918. The van der Waals surface area contributed by atoms with Gasteiger partial charge in [-0.25, -0.2) is 8.78 Å². The lowest BCUT2D eigenvalue weighted by molar-refractivity contribution is 0.404. The van der Waals surface area contributed by atoms with Gasteiger partial charge in [0.05, 0.1) is 13.2 Å². The van der Waals surface area contributed by atoms with Gasteiger partial charge in [0, 0.05) is 17.7 Å². The van der Waals surface area contributed by atoms with Crippen molar-refractivity contribution in [3.8, 4) is 5.75 Å². The molecule has 0 aliphatic rings. The molecule has 1 unspecified atom stereocenters. The van der Waals surface area contributed by atoms with E-state index in [2.05, 4.69) is 13.8 Å². The van der Waals surface area contributed by atoms with E-state index in [1.54, 1.807) is 0 Å². The number of hydrogen-bond donors (Lipinski definition) is 1. The van der Waals surface area contributed by atoms with E-state index in [1.165, 1.54) is 7.11 Å². The summed E-state index contributed by atoms with van der Waals surface area (Å²) in [5.74, 6) is -0.875. The highest BCUT2D eigenvalue weighted by Gasteiger charge is 2.20. The molecule has 112 valence electrons. The second-order valence-electron chi connectivity index (χ2n) is 5.30. The summed E-state index contributed by atoms with van der Waals surface area (Å²) >= 11 is 0. The molecule has 1 atom stereocenters. The van der Waals surface area contributed by atoms with Crippen molar-refractivity contribution >= 4 is 0 Å². The molecule has 0 saturated heterocycles. The second kappa shape index (κ2) is 6.22. The summed E-state index contributed by atoms with van der Waals surface area (Å²) < 4.78 is 32.9. The molecule has 21 heavy (non-hydrogen) atoms. The number of benzene rings is 2. The van der Waals surface area contributed by atoms with E-state index in [4.69, 9.17) is 10.5 Å². The number of ether oxygens (including phenoxy) is 1. The Kier molecular flexibility index (Phi) is 4.58. The fraction of sp³-hybridized carbons (Fsp3) is 0.294. The van der Waals surface area contributed by atoms with Gasteiger partial charge in [0.2, 0.25) is 0 Å². The Balaban J connectivity index is 2.37. The molecular weight excluding hydrogens is 272 g/mol. The summed E-state index contributed by atoms with van der Waals surface area (Å²) in [6.45, 7) is 4.16. The lowest BCUT2D eigenvalue weighted by Gasteiger charge is -2.16. The smallest absolute Gasteiger partial charge is 0.134 e. The van der Waals surface area contributed by atoms with Crippen LogP contribution in [0.1, 0.15) is 42.5 Å². The van der Waals surface area contributed by atoms with Crippen molar-refractivity contribution in [2.75, 3.05) is 7.11 Å². The first-order valence-electron chi connectivity index (χ1n) is 6.82. The van der Waals surface area contributed by atoms with Gasteiger partial charge in [-0.15, -0.1) is 0 Å². The van der Waals surface area contributed by atoms with Crippen molar-refractivity contribution < 1.29 is 13.5 Å². The Morgan fingerprint density at radius 3 is 1.86 bits per heavy atom. The van der Waals surface area contributed by atoms with Crippen molar-refractivity contribution in [3.63, 3.8) is 0 Å². The molecule has 2 nitrogen and oxygen atoms in total. The third-order valence-electron chi connectivity index (χ3n) is 3.56. The molecular formula is C17H19F2NO. The van der Waals surface area contributed by atoms with Gasteiger partial charge in [0.15, 0.2) is 0 Å². The molecule has 0 bridgehead atoms. The molecule has 2 aromatic rings. The standard InChI is InChI=1S/C17H19F2NO/c1-10(2)11-4-6-12(7-5-11)17(20)16-14(18)8-13(21-3)9-15(16)19/h4-10,17H,20H2,1-3H3. The highest BCUT2D eigenvalue weighted by Crippen LogP contribution is 2.29. The van der Waals surface area contributed by atoms with Gasteiger partial charge < -0.3 is 10.5 Å². The summed E-state index contributed by atoms with van der Waals surface area (Å²) in [6, 6.07) is 8.91. The Hall–Kier alpha value is -1.94. The molecule has 0 radical (unpaired) electrons. The molecule has 2 rings (SSSR count). The molecule has 0 heterocycles. The van der Waals surface area contributed by atoms with Gasteiger partial charge in [-0.05, 0) is 17.0 Å². The van der Waals surface area contributed by atoms with Gasteiger partial charge >= 0.3 is 0 Å². The van der Waals surface area contributed by atoms with Crippen LogP contribution in [-0.4, -0.2) is 7.11 Å². The number of hydrogen-bond acceptors (Lipinski definition) is 2. The maximum Gasteiger partial charge on any atom is 0.134 e. The number of rotatable bonds is 4. The summed E-state index contributed by atoms with van der Waals surface area (Å²) in [5.41, 5.74) is 7.69. The second-order valence-corrected chi connectivity index (χ2v) is 5.30. The van der Waals surface area contributed by atoms with Crippen molar-refractivity contribution in [1.29, 1.82) is 0 Å². The molecule has 0 amide bonds. The first kappa shape index (κ1) is 15.4. The predicted molar refractivity (Wildman–Crippen MR) is 79.5 cm³/mol. The fourth-order valence-corrected chi connectivity index (χ4v) is 2.23. The van der Waals surface area contributed by atoms with Crippen molar-refractivity contribution in [2.45, 2.75) is 25.8 Å². The SMILES string of the molecule is COc1cc(F)c(C(N)c2ccc(C(C)C)cc2)c(F)c1. The van der Waals surface area contributed by atoms with Crippen LogP contribution in [0.5, 0.6) is 5.75 Å². The Morgan fingerprint density at radius 1 is 0.952 bits per heavy atom. The minimum absolute atomic E-state index is 0.135. The highest BCUT2D eigenvalue weighted by atomic mass is 19.1. The minimum atomic E-state index is -0.850. The van der Waals surface area contributed by atoms with Crippen LogP contribution in [0.25, 0.3) is 0 Å². The van der Waals surface area contributed by atoms with Crippen molar-refractivity contribution in [3.05, 3.63) is 64.7 Å². The molecule has 0 saturated carbocycles. The van der Waals surface area contributed by atoms with Crippen LogP contribution in [0.3, 0.4) is 0 Å². The number of halogens is 2. The zero-order valence-electron chi connectivity index (χ0n) is 12.4. The third-order valence-corrected chi connectivity index (χ3v) is 3.56. The van der Waals surface area contributed by atoms with E-state index in [1.807, 2.05) is 24.3 Å². The van der Waals surface area contributed by atoms with Crippen LogP contribution in [-0.2, 0) is 0 Å². The number of nitrogens with two attached hydrogens (primary N) is 1. The topological polar surface area (TPSA) is 35.2 Å². The van der Waals surface area contributed by atoms with Crippen molar-refractivity contribution in [2.24, 2.45) is 5.73 Å². The van der Waals surface area contributed by atoms with Gasteiger partial charge in [0.1, 0.15) is 17.4 Å². The molecule has 0 spiro atoms. The molecule has 0 aliphatic heterocycles. The average Bonchev–Trinajstić information content (AvgIpc) is 2.46. The van der Waals surface area contributed by atoms with E-state index in [0.717, 1.165) is 17.7 Å². The molecule has 0 aromatic heterocycles. The van der Waals surface area contributed by atoms with Gasteiger partial charge in [0.25, 0.3) is 0 Å². The third kappa shape index (κ3) is 3.22. The lowest BCUT2D eigenvalue weighted by atomic mass is 9.95. The van der Waals surface area contributed by atoms with Crippen LogP contribution in [0.2, 0.25) is 0 Å². The van der Waals surface area contributed by atoms with E-state index < -0.39 is 17.7 Å². The largest absolute Gasteiger partial charge is 0.497 e. The first-order valence-corrected chi connectivity index (χ1v) is 6.82. The Bertz CT molecular complexity index is 600. The van der Waals surface area contributed by atoms with Gasteiger partial charge in [-0.1, -0.05) is 38.1 Å². The van der Waals surface area contributed by atoms with Crippen LogP contribution in [0.15, 0.2) is 36.4 Å². The fourth-order valence-electron chi connectivity index (χ4n) is 2.23. The predicted octanol–water partition coefficient (Wildman–Crippen LogP) is 4.14. The summed E-state index contributed by atoms with van der Waals surface area (Å²) in [4.78, 5) is 0. The van der Waals surface area contributed by atoms with Crippen molar-refractivity contribution in [1.82, 2.24) is 0 Å². The molecule has 0 aliphatic carbocycles. The van der Waals surface area contributed by atoms with Crippen LogP contribution < -0.4 is 10.5 Å². The Labute approximate surface area is 123 Å². The summed E-state index contributed by atoms with van der Waals surface area (Å²) in [7, 11) is 1.36. The van der Waals surface area contributed by atoms with Gasteiger partial charge in [-0.3, -0.25) is 0 Å². The minimum Gasteiger partial charge on any atom is -0.497 e. The van der Waals surface area contributed by atoms with Crippen LogP contribution >= 0.6 is 0 Å². The summed E-state index contributed by atoms with van der Waals surface area (Å²) in [5, 5.41) is 0. The maximum absolute atomic E-state index is 14.0. The van der Waals surface area contributed by atoms with E-state index in [0.29, 0.717) is 11.5 Å². The normalized spacial score (nSPS) is 12.5. The number of methoxy groups -OCH3 is 1. The van der Waals surface area contributed by atoms with E-state index in [9.17, 15) is 8.78 Å². The van der Waals surface area contributed by atoms with E-state index in [-0.39, 0.29) is 11.3 Å². The monoisotopic (exact) mass is 291 g/mol. The molecule has 2 N–H and O–H groups in total. The lowest BCUT2D eigenvalue weighted by Crippen LogP contribution is -2.16. The molecule has 2 aromatic carbocycles. The highest BCUT2D eigenvalue weighted by molar-refractivity contribution is 5.38.